The number of alkyl halides is 13. The van der Waals surface area contributed by atoms with Crippen molar-refractivity contribution in [1.82, 2.24) is 0 Å². The van der Waals surface area contributed by atoms with Crippen LogP contribution >= 0.6 is 22.6 Å². The summed E-state index contributed by atoms with van der Waals surface area (Å²) in [6.07, 6.45) is -3.04. The fourth-order valence-electron chi connectivity index (χ4n) is 1.41. The maximum absolute atomic E-state index is 13.2. The molecule has 0 aliphatic rings. The van der Waals surface area contributed by atoms with Crippen LogP contribution in [0.2, 0.25) is 0 Å². The first kappa shape index (κ1) is 27.8. The molecule has 0 heterocycles. The highest BCUT2D eigenvalue weighted by molar-refractivity contribution is 14.1. The molecule has 0 aliphatic heterocycles. The quantitative estimate of drug-likeness (QED) is 0.170. The van der Waals surface area contributed by atoms with Gasteiger partial charge >= 0.3 is 39.1 Å². The number of hydrogen-bond donors (Lipinski definition) is 1. The Morgan fingerprint density at radius 1 is 0.750 bits per heavy atom. The zero-order valence-electron chi connectivity index (χ0n) is 12.8. The maximum atomic E-state index is 13.2. The molecule has 1 N–H and O–H groups in total. The SMILES string of the molecule is O=S(=O)(O)C(F)(F)CC(F)(F)COCC(F)(F)C(F)(F)C(F)(F)C(F)(F)CI. The van der Waals surface area contributed by atoms with Gasteiger partial charge in [0.05, 0.1) is 10.8 Å². The summed E-state index contributed by atoms with van der Waals surface area (Å²) in [5, 5.41) is -5.50. The summed E-state index contributed by atoms with van der Waals surface area (Å²) in [5.41, 5.74) is 0. The van der Waals surface area contributed by atoms with Gasteiger partial charge in [0.25, 0.3) is 5.92 Å². The third-order valence-electron chi connectivity index (χ3n) is 2.92. The average molecular weight is 580 g/mol. The minimum absolute atomic E-state index is 0.502. The highest BCUT2D eigenvalue weighted by atomic mass is 127. The van der Waals surface area contributed by atoms with E-state index in [1.54, 1.807) is 0 Å². The van der Waals surface area contributed by atoms with Crippen molar-refractivity contribution >= 4 is 32.7 Å². The lowest BCUT2D eigenvalue weighted by Crippen LogP contribution is -2.64. The zero-order chi connectivity index (χ0) is 23.0. The molecule has 0 rings (SSSR count). The monoisotopic (exact) mass is 580 g/mol. The Kier molecular flexibility index (Phi) is 8.05. The molecule has 0 aromatic rings. The summed E-state index contributed by atoms with van der Waals surface area (Å²) in [6.45, 7) is -5.64. The Labute approximate surface area is 162 Å². The van der Waals surface area contributed by atoms with Crippen molar-refractivity contribution in [2.45, 2.75) is 41.3 Å². The molecule has 0 radical (unpaired) electrons. The molecule has 28 heavy (non-hydrogen) atoms. The Bertz CT molecular complexity index is 651. The molecule has 0 aromatic carbocycles. The van der Waals surface area contributed by atoms with Crippen molar-refractivity contribution < 1.29 is 70.4 Å². The summed E-state index contributed by atoms with van der Waals surface area (Å²) in [6, 6.07) is 0. The van der Waals surface area contributed by atoms with E-state index in [1.165, 1.54) is 0 Å². The van der Waals surface area contributed by atoms with Crippen LogP contribution < -0.4 is 0 Å². The van der Waals surface area contributed by atoms with Crippen LogP contribution in [0.25, 0.3) is 0 Å². The summed E-state index contributed by atoms with van der Waals surface area (Å²) in [7, 11) is -6.37. The first-order chi connectivity index (χ1) is 12.0. The van der Waals surface area contributed by atoms with Gasteiger partial charge in [0, 0.05) is 0 Å². The van der Waals surface area contributed by atoms with Crippen molar-refractivity contribution in [2.24, 2.45) is 0 Å². The molecule has 0 bridgehead atoms. The van der Waals surface area contributed by atoms with Gasteiger partial charge in [-0.15, -0.1) is 0 Å². The first-order valence-electron chi connectivity index (χ1n) is 6.35. The molecule has 0 amide bonds. The van der Waals surface area contributed by atoms with Gasteiger partial charge in [-0.3, -0.25) is 4.55 Å². The molecular formula is C10H9F12IO4S. The Morgan fingerprint density at radius 3 is 1.50 bits per heavy atom. The molecule has 0 saturated carbocycles. The molecule has 18 heteroatoms. The second-order valence-electron chi connectivity index (χ2n) is 5.33. The number of ether oxygens (including phenoxy) is 1. The van der Waals surface area contributed by atoms with Gasteiger partial charge < -0.3 is 4.74 Å². The van der Waals surface area contributed by atoms with Crippen LogP contribution in [0.1, 0.15) is 6.42 Å². The minimum atomic E-state index is -6.80. The van der Waals surface area contributed by atoms with E-state index in [1.807, 2.05) is 0 Å². The highest BCUT2D eigenvalue weighted by Crippen LogP contribution is 2.53. The van der Waals surface area contributed by atoms with E-state index in [4.69, 9.17) is 4.55 Å². The summed E-state index contributed by atoms with van der Waals surface area (Å²) in [4.78, 5) is 0. The lowest BCUT2D eigenvalue weighted by Gasteiger charge is -2.36. The normalized spacial score (nSPS) is 15.8. The standard InChI is InChI=1S/C10H9F12IO4S/c11-5(12,1-8(17,18)28(24,25)26)3-27-4-7(15,16)10(21,22)9(19,20)6(13,14)2-23/h1-4H2,(H,24,25,26). The van der Waals surface area contributed by atoms with E-state index in [0.29, 0.717) is 22.6 Å². The summed E-state index contributed by atoms with van der Waals surface area (Å²) < 4.78 is 186. The molecule has 0 fully saturated rings. The maximum Gasteiger partial charge on any atom is 0.380 e. The van der Waals surface area contributed by atoms with Crippen LogP contribution in [-0.4, -0.2) is 65.5 Å². The van der Waals surface area contributed by atoms with Crippen molar-refractivity contribution in [3.8, 4) is 0 Å². The predicted octanol–water partition coefficient (Wildman–Crippen LogP) is 4.49. The van der Waals surface area contributed by atoms with E-state index in [0.717, 1.165) is 0 Å². The van der Waals surface area contributed by atoms with Crippen LogP contribution in [-0.2, 0) is 14.9 Å². The first-order valence-corrected chi connectivity index (χ1v) is 9.32. The molecule has 4 nitrogen and oxygen atoms in total. The fourth-order valence-corrected chi connectivity index (χ4v) is 2.28. The molecule has 170 valence electrons. The summed E-state index contributed by atoms with van der Waals surface area (Å²) in [5.74, 6) is -30.3. The van der Waals surface area contributed by atoms with Gasteiger partial charge in [-0.05, 0) is 0 Å². The third kappa shape index (κ3) is 5.67. The smallest absolute Gasteiger partial charge is 0.369 e. The van der Waals surface area contributed by atoms with E-state index in [-0.39, 0.29) is 0 Å². The van der Waals surface area contributed by atoms with Crippen molar-refractivity contribution in [2.75, 3.05) is 17.6 Å². The molecule has 0 spiro atoms. The van der Waals surface area contributed by atoms with Crippen LogP contribution in [0.5, 0.6) is 0 Å². The Hall–Kier alpha value is -0.240. The summed E-state index contributed by atoms with van der Waals surface area (Å²) >= 11 is 0.502. The lowest BCUT2D eigenvalue weighted by atomic mass is 10.00. The second kappa shape index (κ2) is 8.12. The number of halogens is 13. The van der Waals surface area contributed by atoms with Gasteiger partial charge in [0.15, 0.2) is 0 Å². The van der Waals surface area contributed by atoms with E-state index in [2.05, 4.69) is 4.74 Å². The molecule has 0 saturated heterocycles. The van der Waals surface area contributed by atoms with E-state index >= 15 is 0 Å². The molecule has 0 aliphatic carbocycles. The van der Waals surface area contributed by atoms with Gasteiger partial charge in [-0.25, -0.2) is 8.78 Å². The van der Waals surface area contributed by atoms with Crippen LogP contribution in [0.4, 0.5) is 52.7 Å². The lowest BCUT2D eigenvalue weighted by molar-refractivity contribution is -0.367. The van der Waals surface area contributed by atoms with Crippen LogP contribution in [0.3, 0.4) is 0 Å². The van der Waals surface area contributed by atoms with E-state index in [9.17, 15) is 61.1 Å². The Morgan fingerprint density at radius 2 is 1.14 bits per heavy atom. The highest BCUT2D eigenvalue weighted by Gasteiger charge is 2.80. The van der Waals surface area contributed by atoms with E-state index < -0.39 is 69.0 Å². The van der Waals surface area contributed by atoms with Gasteiger partial charge in [0.2, 0.25) is 0 Å². The average Bonchev–Trinajstić information content (AvgIpc) is 2.43. The van der Waals surface area contributed by atoms with Crippen LogP contribution in [0.15, 0.2) is 0 Å². The second-order valence-corrected chi connectivity index (χ2v) is 7.64. The van der Waals surface area contributed by atoms with Crippen molar-refractivity contribution in [3.05, 3.63) is 0 Å². The number of hydrogen-bond acceptors (Lipinski definition) is 3. The fraction of sp³-hybridized carbons (Fsp3) is 1.00. The largest absolute Gasteiger partial charge is 0.380 e. The van der Waals surface area contributed by atoms with Gasteiger partial charge in [0.1, 0.15) is 13.2 Å². The molecule has 0 atom stereocenters. The molecule has 0 unspecified atom stereocenters. The van der Waals surface area contributed by atoms with Crippen molar-refractivity contribution in [1.29, 1.82) is 0 Å². The zero-order valence-corrected chi connectivity index (χ0v) is 15.8. The van der Waals surface area contributed by atoms with Crippen LogP contribution in [0, 0.1) is 0 Å². The Balaban J connectivity index is 5.29. The van der Waals surface area contributed by atoms with Gasteiger partial charge in [-0.2, -0.15) is 52.3 Å². The predicted molar refractivity (Wildman–Crippen MR) is 75.6 cm³/mol. The third-order valence-corrected chi connectivity index (χ3v) is 4.78. The van der Waals surface area contributed by atoms with Gasteiger partial charge in [-0.1, -0.05) is 22.6 Å². The minimum Gasteiger partial charge on any atom is -0.369 e. The molecule has 0 aromatic heterocycles. The topological polar surface area (TPSA) is 63.6 Å². The number of rotatable bonds is 11. The van der Waals surface area contributed by atoms with Crippen molar-refractivity contribution in [3.63, 3.8) is 0 Å². The molecular weight excluding hydrogens is 571 g/mol.